The lowest BCUT2D eigenvalue weighted by atomic mass is 10.5. The quantitative estimate of drug-likeness (QED) is 0.812. The van der Waals surface area contributed by atoms with Crippen molar-refractivity contribution in [3.63, 3.8) is 0 Å². The summed E-state index contributed by atoms with van der Waals surface area (Å²) in [6.07, 6.45) is 1.93. The first-order chi connectivity index (χ1) is 7.12. The third-order valence-electron chi connectivity index (χ3n) is 2.15. The zero-order chi connectivity index (χ0) is 10.9. The van der Waals surface area contributed by atoms with Gasteiger partial charge < -0.3 is 5.32 Å². The molecule has 1 heterocycles. The molecule has 2 rings (SSSR count). The van der Waals surface area contributed by atoms with Crippen LogP contribution in [0, 0.1) is 0 Å². The van der Waals surface area contributed by atoms with E-state index in [2.05, 4.69) is 10.0 Å². The summed E-state index contributed by atoms with van der Waals surface area (Å²) in [5, 5.41) is 3.00. The van der Waals surface area contributed by atoms with Crippen LogP contribution in [0.2, 0.25) is 0 Å². The monoisotopic (exact) mass is 246 g/mol. The van der Waals surface area contributed by atoms with Crippen molar-refractivity contribution < 1.29 is 8.42 Å². The Balaban J connectivity index is 2.12. The Hall–Kier alpha value is -0.430. The average Bonchev–Trinajstić information content (AvgIpc) is 2.82. The minimum Gasteiger partial charge on any atom is -0.315 e. The molecule has 0 bridgehead atoms. The van der Waals surface area contributed by atoms with E-state index in [0.29, 0.717) is 10.8 Å². The lowest BCUT2D eigenvalue weighted by Crippen LogP contribution is -2.24. The molecule has 1 fully saturated rings. The van der Waals surface area contributed by atoms with Gasteiger partial charge in [0, 0.05) is 17.5 Å². The molecule has 0 aromatic carbocycles. The molecule has 1 aliphatic rings. The highest BCUT2D eigenvalue weighted by molar-refractivity contribution is 7.91. The fraction of sp³-hybridized carbons (Fsp3) is 0.556. The van der Waals surface area contributed by atoms with Gasteiger partial charge in [-0.1, -0.05) is 0 Å². The van der Waals surface area contributed by atoms with Crippen molar-refractivity contribution >= 4 is 21.4 Å². The number of rotatable bonds is 5. The van der Waals surface area contributed by atoms with Crippen molar-refractivity contribution in [1.82, 2.24) is 10.0 Å². The maximum absolute atomic E-state index is 11.8. The molecular weight excluding hydrogens is 232 g/mol. The molecule has 2 N–H and O–H groups in total. The van der Waals surface area contributed by atoms with Crippen LogP contribution in [0.4, 0.5) is 0 Å². The van der Waals surface area contributed by atoms with Gasteiger partial charge in [-0.15, -0.1) is 11.3 Å². The first kappa shape index (κ1) is 11.1. The predicted molar refractivity (Wildman–Crippen MR) is 60.4 cm³/mol. The fourth-order valence-electron chi connectivity index (χ4n) is 1.25. The van der Waals surface area contributed by atoms with Gasteiger partial charge in [0.05, 0.1) is 0 Å². The predicted octanol–water partition coefficient (Wildman–Crippen LogP) is 0.908. The van der Waals surface area contributed by atoms with Gasteiger partial charge in [0.15, 0.2) is 0 Å². The van der Waals surface area contributed by atoms with Crippen molar-refractivity contribution in [3.8, 4) is 0 Å². The van der Waals surface area contributed by atoms with Crippen LogP contribution >= 0.6 is 11.3 Å². The Labute approximate surface area is 93.8 Å². The summed E-state index contributed by atoms with van der Waals surface area (Å²) in [6, 6.07) is 3.69. The van der Waals surface area contributed by atoms with E-state index in [-0.39, 0.29) is 6.04 Å². The summed E-state index contributed by atoms with van der Waals surface area (Å²) < 4.78 is 26.6. The van der Waals surface area contributed by atoms with E-state index in [0.717, 1.165) is 17.7 Å². The highest BCUT2D eigenvalue weighted by Crippen LogP contribution is 2.25. The average molecular weight is 246 g/mol. The number of sulfonamides is 1. The third kappa shape index (κ3) is 2.78. The minimum absolute atomic E-state index is 0.171. The van der Waals surface area contributed by atoms with Gasteiger partial charge in [0.1, 0.15) is 4.21 Å². The lowest BCUT2D eigenvalue weighted by molar-refractivity contribution is 0.583. The maximum atomic E-state index is 11.8. The molecule has 4 nitrogen and oxygen atoms in total. The van der Waals surface area contributed by atoms with Crippen LogP contribution in [0.1, 0.15) is 17.7 Å². The Kier molecular flexibility index (Phi) is 3.11. The van der Waals surface area contributed by atoms with Crippen LogP contribution in [-0.2, 0) is 16.6 Å². The van der Waals surface area contributed by atoms with E-state index in [1.807, 2.05) is 13.1 Å². The van der Waals surface area contributed by atoms with Gasteiger partial charge in [0.25, 0.3) is 0 Å². The molecule has 0 atom stereocenters. The Bertz CT molecular complexity index is 435. The molecule has 1 aliphatic carbocycles. The standard InChI is InChI=1S/C9H14N2O2S2/c1-10-6-8-4-5-9(14-8)15(12,13)11-7-2-3-7/h4-5,7,10-11H,2-3,6H2,1H3. The second-order valence-electron chi connectivity index (χ2n) is 3.65. The largest absolute Gasteiger partial charge is 0.315 e. The fourth-order valence-corrected chi connectivity index (χ4v) is 3.94. The second-order valence-corrected chi connectivity index (χ2v) is 6.76. The molecular formula is C9H14N2O2S2. The molecule has 1 aromatic rings. The molecule has 1 saturated carbocycles. The van der Waals surface area contributed by atoms with E-state index in [1.54, 1.807) is 6.07 Å². The minimum atomic E-state index is -3.25. The zero-order valence-electron chi connectivity index (χ0n) is 8.49. The molecule has 0 spiro atoms. The molecule has 0 saturated heterocycles. The highest BCUT2D eigenvalue weighted by Gasteiger charge is 2.28. The van der Waals surface area contributed by atoms with Gasteiger partial charge in [-0.25, -0.2) is 13.1 Å². The van der Waals surface area contributed by atoms with Crippen molar-refractivity contribution in [2.45, 2.75) is 29.6 Å². The number of thiophene rings is 1. The molecule has 6 heteroatoms. The van der Waals surface area contributed by atoms with Gasteiger partial charge in [-0.05, 0) is 32.0 Å². The SMILES string of the molecule is CNCc1ccc(S(=O)(=O)NC2CC2)s1. The van der Waals surface area contributed by atoms with Crippen LogP contribution in [-0.4, -0.2) is 21.5 Å². The van der Waals surface area contributed by atoms with E-state index >= 15 is 0 Å². The highest BCUT2D eigenvalue weighted by atomic mass is 32.2. The van der Waals surface area contributed by atoms with E-state index in [4.69, 9.17) is 0 Å². The molecule has 0 amide bonds. The van der Waals surface area contributed by atoms with Gasteiger partial charge in [-0.2, -0.15) is 0 Å². The summed E-state index contributed by atoms with van der Waals surface area (Å²) in [6.45, 7) is 0.712. The Morgan fingerprint density at radius 3 is 2.80 bits per heavy atom. The smallest absolute Gasteiger partial charge is 0.250 e. The normalized spacial score (nSPS) is 16.9. The van der Waals surface area contributed by atoms with Crippen LogP contribution in [0.3, 0.4) is 0 Å². The number of hydrogen-bond acceptors (Lipinski definition) is 4. The molecule has 0 unspecified atom stereocenters. The Morgan fingerprint density at radius 2 is 2.20 bits per heavy atom. The molecule has 0 aliphatic heterocycles. The van der Waals surface area contributed by atoms with Crippen LogP contribution < -0.4 is 10.0 Å². The molecule has 1 aromatic heterocycles. The second kappa shape index (κ2) is 4.21. The van der Waals surface area contributed by atoms with Crippen LogP contribution in [0.5, 0.6) is 0 Å². The van der Waals surface area contributed by atoms with Crippen LogP contribution in [0.15, 0.2) is 16.3 Å². The lowest BCUT2D eigenvalue weighted by Gasteiger charge is -2.01. The summed E-state index contributed by atoms with van der Waals surface area (Å²) in [5.41, 5.74) is 0. The topological polar surface area (TPSA) is 58.2 Å². The van der Waals surface area contributed by atoms with Gasteiger partial charge in [0.2, 0.25) is 10.0 Å². The van der Waals surface area contributed by atoms with E-state index < -0.39 is 10.0 Å². The third-order valence-corrected chi connectivity index (χ3v) is 5.25. The summed E-state index contributed by atoms with van der Waals surface area (Å²) in [7, 11) is -1.41. The van der Waals surface area contributed by atoms with Gasteiger partial charge >= 0.3 is 0 Å². The van der Waals surface area contributed by atoms with Crippen molar-refractivity contribution in [3.05, 3.63) is 17.0 Å². The Morgan fingerprint density at radius 1 is 1.47 bits per heavy atom. The van der Waals surface area contributed by atoms with E-state index in [1.165, 1.54) is 11.3 Å². The van der Waals surface area contributed by atoms with Crippen molar-refractivity contribution in [2.75, 3.05) is 7.05 Å². The summed E-state index contributed by atoms with van der Waals surface area (Å²) in [4.78, 5) is 1.04. The summed E-state index contributed by atoms with van der Waals surface area (Å²) in [5.74, 6) is 0. The molecule has 84 valence electrons. The number of nitrogens with one attached hydrogen (secondary N) is 2. The first-order valence-corrected chi connectivity index (χ1v) is 7.17. The van der Waals surface area contributed by atoms with Crippen molar-refractivity contribution in [2.24, 2.45) is 0 Å². The first-order valence-electron chi connectivity index (χ1n) is 4.87. The van der Waals surface area contributed by atoms with Gasteiger partial charge in [-0.3, -0.25) is 0 Å². The molecule has 0 radical (unpaired) electrons. The van der Waals surface area contributed by atoms with Crippen molar-refractivity contribution in [1.29, 1.82) is 0 Å². The maximum Gasteiger partial charge on any atom is 0.250 e. The summed E-state index contributed by atoms with van der Waals surface area (Å²) >= 11 is 1.32. The molecule has 15 heavy (non-hydrogen) atoms. The zero-order valence-corrected chi connectivity index (χ0v) is 10.1. The van der Waals surface area contributed by atoms with E-state index in [9.17, 15) is 8.42 Å². The number of hydrogen-bond donors (Lipinski definition) is 2. The van der Waals surface area contributed by atoms with Crippen LogP contribution in [0.25, 0.3) is 0 Å².